The monoisotopic (exact) mass is 470 g/mol. The summed E-state index contributed by atoms with van der Waals surface area (Å²) in [5.74, 6) is 3.32. The van der Waals surface area contributed by atoms with Crippen LogP contribution in [0.15, 0.2) is 30.3 Å². The third-order valence-corrected chi connectivity index (χ3v) is 8.50. The highest BCUT2D eigenvalue weighted by Crippen LogP contribution is 2.39. The molecule has 3 aliphatic rings. The largest absolute Gasteiger partial charge is 0.494 e. The summed E-state index contributed by atoms with van der Waals surface area (Å²) in [6.07, 6.45) is 9.18. The molecule has 178 valence electrons. The Morgan fingerprint density at radius 3 is 2.52 bits per heavy atom. The predicted octanol–water partition coefficient (Wildman–Crippen LogP) is 3.75. The molecule has 0 bridgehead atoms. The zero-order chi connectivity index (χ0) is 22.8. The normalized spacial score (nSPS) is 20.0. The van der Waals surface area contributed by atoms with Gasteiger partial charge in [-0.3, -0.25) is 0 Å². The number of hydrogen-bond donors (Lipinski definition) is 0. The molecule has 0 unspecified atom stereocenters. The average Bonchev–Trinajstić information content (AvgIpc) is 3.67. The second-order valence-corrected chi connectivity index (χ2v) is 11.8. The molecule has 7 nitrogen and oxygen atoms in total. The Balaban J connectivity index is 1.03. The van der Waals surface area contributed by atoms with Crippen LogP contribution in [-0.2, 0) is 23.0 Å². The van der Waals surface area contributed by atoms with E-state index in [1.54, 1.807) is 0 Å². The van der Waals surface area contributed by atoms with Gasteiger partial charge in [-0.25, -0.2) is 8.42 Å². The number of benzene rings is 1. The lowest BCUT2D eigenvalue weighted by Gasteiger charge is -2.32. The summed E-state index contributed by atoms with van der Waals surface area (Å²) in [5.41, 5.74) is 3.44. The Hall–Kier alpha value is -2.19. The van der Waals surface area contributed by atoms with Gasteiger partial charge in [-0.2, -0.15) is 9.40 Å². The summed E-state index contributed by atoms with van der Waals surface area (Å²) in [7, 11) is -3.14. The first-order valence-corrected chi connectivity index (χ1v) is 14.1. The SMILES string of the molecule is CS(=O)(=O)N1CCc2cc(OCCCC3CCN(c4ccc(C5CC5)nn4)CC3)ccc2C1. The Labute approximate surface area is 197 Å². The van der Waals surface area contributed by atoms with Crippen LogP contribution in [0.1, 0.15) is 61.3 Å². The fraction of sp³-hybridized carbons (Fsp3) is 0.600. The zero-order valence-corrected chi connectivity index (χ0v) is 20.3. The first kappa shape index (κ1) is 22.6. The minimum atomic E-state index is -3.14. The molecule has 0 radical (unpaired) electrons. The first-order chi connectivity index (χ1) is 16.0. The van der Waals surface area contributed by atoms with Gasteiger partial charge in [0.2, 0.25) is 10.0 Å². The summed E-state index contributed by atoms with van der Waals surface area (Å²) in [5, 5.41) is 8.90. The maximum atomic E-state index is 11.8. The number of sulfonamides is 1. The minimum absolute atomic E-state index is 0.462. The van der Waals surface area contributed by atoms with Crippen LogP contribution < -0.4 is 9.64 Å². The molecule has 1 aromatic heterocycles. The van der Waals surface area contributed by atoms with E-state index in [9.17, 15) is 8.42 Å². The van der Waals surface area contributed by atoms with Crippen LogP contribution >= 0.6 is 0 Å². The van der Waals surface area contributed by atoms with Crippen molar-refractivity contribution in [1.29, 1.82) is 0 Å². The Morgan fingerprint density at radius 2 is 1.82 bits per heavy atom. The van der Waals surface area contributed by atoms with Gasteiger partial charge in [0.15, 0.2) is 5.82 Å². The number of piperidine rings is 1. The number of hydrogen-bond acceptors (Lipinski definition) is 6. The molecule has 8 heteroatoms. The molecule has 0 atom stereocenters. The van der Waals surface area contributed by atoms with Crippen LogP contribution in [0.25, 0.3) is 0 Å². The summed E-state index contributed by atoms with van der Waals surface area (Å²) in [6, 6.07) is 10.4. The molecule has 1 saturated carbocycles. The van der Waals surface area contributed by atoms with Crippen LogP contribution in [0.3, 0.4) is 0 Å². The summed E-state index contributed by atoms with van der Waals surface area (Å²) < 4.78 is 31.1. The van der Waals surface area contributed by atoms with Gasteiger partial charge in [0.05, 0.1) is 18.6 Å². The second-order valence-electron chi connectivity index (χ2n) is 9.79. The average molecular weight is 471 g/mol. The fourth-order valence-corrected chi connectivity index (χ4v) is 5.79. The summed E-state index contributed by atoms with van der Waals surface area (Å²) in [4.78, 5) is 2.37. The lowest BCUT2D eigenvalue weighted by atomic mass is 9.92. The molecule has 3 heterocycles. The molecule has 0 N–H and O–H groups in total. The minimum Gasteiger partial charge on any atom is -0.494 e. The lowest BCUT2D eigenvalue weighted by molar-refractivity contribution is 0.278. The van der Waals surface area contributed by atoms with Gasteiger partial charge < -0.3 is 9.64 Å². The zero-order valence-electron chi connectivity index (χ0n) is 19.4. The maximum Gasteiger partial charge on any atom is 0.211 e. The fourth-order valence-electron chi connectivity index (χ4n) is 4.99. The van der Waals surface area contributed by atoms with Gasteiger partial charge >= 0.3 is 0 Å². The molecule has 2 fully saturated rings. The molecule has 2 aromatic rings. The Morgan fingerprint density at radius 1 is 1.00 bits per heavy atom. The highest BCUT2D eigenvalue weighted by atomic mass is 32.2. The van der Waals surface area contributed by atoms with E-state index in [1.165, 1.54) is 48.2 Å². The van der Waals surface area contributed by atoms with E-state index in [2.05, 4.69) is 33.3 Å². The molecular formula is C25H34N4O3S. The predicted molar refractivity (Wildman–Crippen MR) is 129 cm³/mol. The topological polar surface area (TPSA) is 75.6 Å². The lowest BCUT2D eigenvalue weighted by Crippen LogP contribution is -2.35. The molecular weight excluding hydrogens is 436 g/mol. The van der Waals surface area contributed by atoms with Crippen LogP contribution in [0.4, 0.5) is 5.82 Å². The van der Waals surface area contributed by atoms with Crippen LogP contribution in [0.2, 0.25) is 0 Å². The summed E-state index contributed by atoms with van der Waals surface area (Å²) >= 11 is 0. The van der Waals surface area contributed by atoms with Crippen molar-refractivity contribution in [2.24, 2.45) is 5.92 Å². The van der Waals surface area contributed by atoms with Gasteiger partial charge in [-0.15, -0.1) is 5.10 Å². The molecule has 5 rings (SSSR count). The van der Waals surface area contributed by atoms with E-state index in [0.29, 0.717) is 19.0 Å². The Bertz CT molecular complexity index is 1060. The van der Waals surface area contributed by atoms with Crippen LogP contribution in [-0.4, -0.2) is 55.4 Å². The van der Waals surface area contributed by atoms with E-state index in [0.717, 1.165) is 61.3 Å². The van der Waals surface area contributed by atoms with Crippen molar-refractivity contribution in [3.8, 4) is 5.75 Å². The van der Waals surface area contributed by atoms with E-state index in [1.807, 2.05) is 12.1 Å². The van der Waals surface area contributed by atoms with Crippen molar-refractivity contribution < 1.29 is 13.2 Å². The molecule has 1 aliphatic carbocycles. The number of ether oxygens (including phenoxy) is 1. The standard InChI is InChI=1S/C25H34N4O3S/c1-33(30,31)29-15-12-21-17-23(7-6-22(21)18-29)32-16-2-3-19-10-13-28(14-11-19)25-9-8-24(26-27-25)20-4-5-20/h6-9,17,19-20H,2-5,10-16,18H2,1H3. The van der Waals surface area contributed by atoms with Crippen molar-refractivity contribution in [2.75, 3.05) is 37.4 Å². The highest BCUT2D eigenvalue weighted by molar-refractivity contribution is 7.88. The number of nitrogens with zero attached hydrogens (tertiary/aromatic N) is 4. The van der Waals surface area contributed by atoms with Crippen LogP contribution in [0, 0.1) is 5.92 Å². The first-order valence-electron chi connectivity index (χ1n) is 12.2. The third-order valence-electron chi connectivity index (χ3n) is 7.25. The van der Waals surface area contributed by atoms with Gasteiger partial charge in [0.25, 0.3) is 0 Å². The summed E-state index contributed by atoms with van der Waals surface area (Å²) in [6.45, 7) is 3.84. The third kappa shape index (κ3) is 5.66. The van der Waals surface area contributed by atoms with Crippen molar-refractivity contribution in [3.05, 3.63) is 47.2 Å². The number of fused-ring (bicyclic) bond motifs is 1. The van der Waals surface area contributed by atoms with E-state index in [-0.39, 0.29) is 0 Å². The smallest absolute Gasteiger partial charge is 0.211 e. The van der Waals surface area contributed by atoms with E-state index < -0.39 is 10.0 Å². The molecule has 1 saturated heterocycles. The molecule has 1 aromatic carbocycles. The van der Waals surface area contributed by atoms with Gasteiger partial charge in [0.1, 0.15) is 5.75 Å². The molecule has 0 amide bonds. The second kappa shape index (κ2) is 9.58. The number of anilines is 1. The van der Waals surface area contributed by atoms with Crippen molar-refractivity contribution in [2.45, 2.75) is 57.4 Å². The van der Waals surface area contributed by atoms with Gasteiger partial charge in [-0.05, 0) is 86.3 Å². The molecule has 33 heavy (non-hydrogen) atoms. The van der Waals surface area contributed by atoms with E-state index in [4.69, 9.17) is 4.74 Å². The van der Waals surface area contributed by atoms with Crippen molar-refractivity contribution in [1.82, 2.24) is 14.5 Å². The number of aromatic nitrogens is 2. The Kier molecular flexibility index (Phi) is 6.56. The van der Waals surface area contributed by atoms with Crippen molar-refractivity contribution in [3.63, 3.8) is 0 Å². The van der Waals surface area contributed by atoms with Gasteiger partial charge in [-0.1, -0.05) is 6.07 Å². The molecule has 0 spiro atoms. The van der Waals surface area contributed by atoms with E-state index >= 15 is 0 Å². The van der Waals surface area contributed by atoms with Crippen molar-refractivity contribution >= 4 is 15.8 Å². The van der Waals surface area contributed by atoms with Gasteiger partial charge in [0, 0.05) is 32.1 Å². The quantitative estimate of drug-likeness (QED) is 0.547. The number of rotatable bonds is 8. The molecule has 2 aliphatic heterocycles. The maximum absolute atomic E-state index is 11.8. The van der Waals surface area contributed by atoms with Crippen LogP contribution in [0.5, 0.6) is 5.75 Å². The highest BCUT2D eigenvalue weighted by Gasteiger charge is 2.26.